The van der Waals surface area contributed by atoms with Crippen molar-refractivity contribution in [2.45, 2.75) is 0 Å². The van der Waals surface area contributed by atoms with Crippen LogP contribution in [0.25, 0.3) is 10.2 Å². The normalized spacial score (nSPS) is 10.3. The molecule has 3 aromatic rings. The van der Waals surface area contributed by atoms with Gasteiger partial charge in [-0.3, -0.25) is 0 Å². The predicted octanol–water partition coefficient (Wildman–Crippen LogP) is 4.56. The second-order valence-corrected chi connectivity index (χ2v) is 5.26. The molecule has 5 heteroatoms. The highest BCUT2D eigenvalue weighted by Gasteiger charge is 2.04. The molecule has 0 fully saturated rings. The third-order valence-corrected chi connectivity index (χ3v) is 3.81. The molecule has 1 N–H and O–H groups in total. The van der Waals surface area contributed by atoms with Crippen LogP contribution in [0.1, 0.15) is 5.56 Å². The first-order chi connectivity index (χ1) is 9.26. The van der Waals surface area contributed by atoms with E-state index in [0.717, 1.165) is 21.6 Å². The maximum atomic E-state index is 8.80. The highest BCUT2D eigenvalue weighted by molar-refractivity contribution is 7.16. The molecule has 0 aliphatic carbocycles. The van der Waals surface area contributed by atoms with Gasteiger partial charge in [-0.25, -0.2) is 4.98 Å². The van der Waals surface area contributed by atoms with Gasteiger partial charge in [-0.2, -0.15) is 5.26 Å². The molecule has 0 saturated heterocycles. The van der Waals surface area contributed by atoms with Gasteiger partial charge in [0, 0.05) is 5.69 Å². The molecular weight excluding hydrogens is 278 g/mol. The Morgan fingerprint density at radius 3 is 2.89 bits per heavy atom. The van der Waals surface area contributed by atoms with E-state index < -0.39 is 0 Å². The minimum Gasteiger partial charge on any atom is -0.354 e. The number of fused-ring (bicyclic) bond motifs is 1. The fourth-order valence-corrected chi connectivity index (χ4v) is 2.72. The van der Waals surface area contributed by atoms with Gasteiger partial charge in [-0.1, -0.05) is 11.6 Å². The first-order valence-electron chi connectivity index (χ1n) is 5.56. The van der Waals surface area contributed by atoms with Gasteiger partial charge in [0.2, 0.25) is 0 Å². The first-order valence-corrected chi connectivity index (χ1v) is 6.82. The van der Waals surface area contributed by atoms with Crippen LogP contribution in [0, 0.1) is 11.3 Å². The molecule has 0 spiro atoms. The third kappa shape index (κ3) is 2.39. The van der Waals surface area contributed by atoms with Gasteiger partial charge < -0.3 is 5.32 Å². The molecule has 0 radical (unpaired) electrons. The van der Waals surface area contributed by atoms with Gasteiger partial charge in [0.15, 0.2) is 0 Å². The van der Waals surface area contributed by atoms with Crippen molar-refractivity contribution in [1.29, 1.82) is 5.26 Å². The SMILES string of the molecule is N#Cc1ccc(Nc2ccc3ncsc3c2)c(Cl)c1. The Morgan fingerprint density at radius 1 is 1.21 bits per heavy atom. The van der Waals surface area contributed by atoms with Gasteiger partial charge >= 0.3 is 0 Å². The van der Waals surface area contributed by atoms with Crippen LogP contribution in [0.3, 0.4) is 0 Å². The van der Waals surface area contributed by atoms with Crippen LogP contribution in [-0.4, -0.2) is 4.98 Å². The number of nitrogens with one attached hydrogen (secondary N) is 1. The second kappa shape index (κ2) is 4.88. The van der Waals surface area contributed by atoms with Crippen molar-refractivity contribution in [3.63, 3.8) is 0 Å². The third-order valence-electron chi connectivity index (χ3n) is 2.71. The first kappa shape index (κ1) is 12.0. The smallest absolute Gasteiger partial charge is 0.0992 e. The molecule has 0 unspecified atom stereocenters. The molecule has 0 atom stereocenters. The molecule has 2 aromatic carbocycles. The van der Waals surface area contributed by atoms with Crippen molar-refractivity contribution in [3.8, 4) is 6.07 Å². The lowest BCUT2D eigenvalue weighted by molar-refractivity contribution is 1.47. The summed E-state index contributed by atoms with van der Waals surface area (Å²) in [6, 6.07) is 13.2. The fraction of sp³-hybridized carbons (Fsp3) is 0. The minimum atomic E-state index is 0.531. The molecule has 19 heavy (non-hydrogen) atoms. The van der Waals surface area contributed by atoms with Crippen LogP contribution in [0.2, 0.25) is 5.02 Å². The Bertz CT molecular complexity index is 789. The van der Waals surface area contributed by atoms with Crippen molar-refractivity contribution in [3.05, 3.63) is 52.5 Å². The molecule has 0 aliphatic heterocycles. The zero-order valence-corrected chi connectivity index (χ0v) is 11.3. The number of nitriles is 1. The van der Waals surface area contributed by atoms with Gasteiger partial charge in [-0.05, 0) is 36.4 Å². The highest BCUT2D eigenvalue weighted by atomic mass is 35.5. The summed E-state index contributed by atoms with van der Waals surface area (Å²) in [6.45, 7) is 0. The zero-order chi connectivity index (χ0) is 13.2. The number of nitrogens with zero attached hydrogens (tertiary/aromatic N) is 2. The summed E-state index contributed by atoms with van der Waals surface area (Å²) in [4.78, 5) is 4.24. The maximum absolute atomic E-state index is 8.80. The summed E-state index contributed by atoms with van der Waals surface area (Å²) < 4.78 is 1.12. The van der Waals surface area contributed by atoms with Gasteiger partial charge in [0.1, 0.15) is 0 Å². The average Bonchev–Trinajstić information content (AvgIpc) is 2.88. The van der Waals surface area contributed by atoms with Crippen molar-refractivity contribution >= 4 is 44.5 Å². The largest absolute Gasteiger partial charge is 0.354 e. The number of rotatable bonds is 2. The number of hydrogen-bond donors (Lipinski definition) is 1. The summed E-state index contributed by atoms with van der Waals surface area (Å²) in [6.07, 6.45) is 0. The van der Waals surface area contributed by atoms with Crippen LogP contribution < -0.4 is 5.32 Å². The summed E-state index contributed by atoms with van der Waals surface area (Å²) in [5.41, 5.74) is 5.09. The number of halogens is 1. The van der Waals surface area contributed by atoms with Gasteiger partial charge in [0.25, 0.3) is 0 Å². The summed E-state index contributed by atoms with van der Waals surface area (Å²) >= 11 is 7.73. The molecule has 0 aliphatic rings. The average molecular weight is 286 g/mol. The molecule has 1 heterocycles. The Hall–Kier alpha value is -2.09. The molecule has 0 amide bonds. The molecule has 0 bridgehead atoms. The Labute approximate surface area is 119 Å². The van der Waals surface area contributed by atoms with Gasteiger partial charge in [-0.15, -0.1) is 11.3 Å². The lowest BCUT2D eigenvalue weighted by Gasteiger charge is -2.08. The number of aromatic nitrogens is 1. The number of anilines is 2. The van der Waals surface area contributed by atoms with Crippen molar-refractivity contribution in [1.82, 2.24) is 4.98 Å². The van der Waals surface area contributed by atoms with Gasteiger partial charge in [0.05, 0.1) is 38.1 Å². The summed E-state index contributed by atoms with van der Waals surface area (Å²) in [7, 11) is 0. The molecular formula is C14H8ClN3S. The lowest BCUT2D eigenvalue weighted by atomic mass is 10.2. The van der Waals surface area contributed by atoms with Crippen LogP contribution >= 0.6 is 22.9 Å². The van der Waals surface area contributed by atoms with E-state index >= 15 is 0 Å². The number of thiazole rings is 1. The topological polar surface area (TPSA) is 48.7 Å². The Balaban J connectivity index is 1.94. The van der Waals surface area contributed by atoms with E-state index in [2.05, 4.69) is 16.4 Å². The van der Waals surface area contributed by atoms with Crippen LogP contribution in [-0.2, 0) is 0 Å². The number of hydrogen-bond acceptors (Lipinski definition) is 4. The minimum absolute atomic E-state index is 0.531. The van der Waals surface area contributed by atoms with Crippen molar-refractivity contribution in [2.75, 3.05) is 5.32 Å². The van der Waals surface area contributed by atoms with E-state index in [1.165, 1.54) is 0 Å². The molecule has 0 saturated carbocycles. The molecule has 1 aromatic heterocycles. The number of benzene rings is 2. The lowest BCUT2D eigenvalue weighted by Crippen LogP contribution is -1.91. The van der Waals surface area contributed by atoms with E-state index in [1.807, 2.05) is 23.7 Å². The quantitative estimate of drug-likeness (QED) is 0.750. The van der Waals surface area contributed by atoms with E-state index in [1.54, 1.807) is 29.5 Å². The maximum Gasteiger partial charge on any atom is 0.0992 e. The van der Waals surface area contributed by atoms with Crippen LogP contribution in [0.5, 0.6) is 0 Å². The molecule has 3 rings (SSSR count). The second-order valence-electron chi connectivity index (χ2n) is 3.97. The zero-order valence-electron chi connectivity index (χ0n) is 9.72. The van der Waals surface area contributed by atoms with E-state index in [0.29, 0.717) is 10.6 Å². The van der Waals surface area contributed by atoms with E-state index in [4.69, 9.17) is 16.9 Å². The standard InChI is InChI=1S/C14H8ClN3S/c15-11-5-9(7-16)1-3-12(11)18-10-2-4-13-14(6-10)19-8-17-13/h1-6,8,18H. The molecule has 3 nitrogen and oxygen atoms in total. The summed E-state index contributed by atoms with van der Waals surface area (Å²) in [5.74, 6) is 0. The van der Waals surface area contributed by atoms with E-state index in [9.17, 15) is 0 Å². The van der Waals surface area contributed by atoms with Crippen molar-refractivity contribution < 1.29 is 0 Å². The van der Waals surface area contributed by atoms with Crippen LogP contribution in [0.4, 0.5) is 11.4 Å². The van der Waals surface area contributed by atoms with Crippen LogP contribution in [0.15, 0.2) is 41.9 Å². The fourth-order valence-electron chi connectivity index (χ4n) is 1.77. The molecule has 92 valence electrons. The highest BCUT2D eigenvalue weighted by Crippen LogP contribution is 2.28. The van der Waals surface area contributed by atoms with Crippen molar-refractivity contribution in [2.24, 2.45) is 0 Å². The van der Waals surface area contributed by atoms with E-state index in [-0.39, 0.29) is 0 Å². The monoisotopic (exact) mass is 285 g/mol. The Morgan fingerprint density at radius 2 is 2.11 bits per heavy atom. The Kier molecular flexibility index (Phi) is 3.08. The predicted molar refractivity (Wildman–Crippen MR) is 79.1 cm³/mol. The summed E-state index contributed by atoms with van der Waals surface area (Å²) in [5, 5.41) is 12.6.